The van der Waals surface area contributed by atoms with Gasteiger partial charge < -0.3 is 21.9 Å². The molecule has 1 aliphatic carbocycles. The Morgan fingerprint density at radius 2 is 2.11 bits per heavy atom. The van der Waals surface area contributed by atoms with E-state index in [0.29, 0.717) is 12.8 Å². The highest BCUT2D eigenvalue weighted by Gasteiger charge is 2.49. The Kier molecular flexibility index (Phi) is 4.42. The molecule has 2 unspecified atom stereocenters. The number of carboxylic acid groups (broad SMARTS) is 1. The predicted molar refractivity (Wildman–Crippen MR) is 63.6 cm³/mol. The molecule has 0 aromatic heterocycles. The molecule has 1 amide bonds. The Hall–Kier alpha value is -1.47. The second-order valence-corrected chi connectivity index (χ2v) is 4.76. The molecule has 7 nitrogen and oxygen atoms in total. The standard InChI is InChI=1S/C11H19N3O4/c1-6(12)9(16)14-5-8(15)7-3-2-4-11(7,13)10(17)18/h6-7H,2-5,12-13H2,1H3,(H,14,16)(H,17,18)/t6-,7?,11?/m0/s1. The van der Waals surface area contributed by atoms with Crippen molar-refractivity contribution in [1.29, 1.82) is 0 Å². The SMILES string of the molecule is C[C@H](N)C(=O)NCC(=O)C1CCCC1(N)C(=O)O. The molecule has 0 spiro atoms. The van der Waals surface area contributed by atoms with E-state index in [4.69, 9.17) is 16.6 Å². The van der Waals surface area contributed by atoms with E-state index in [1.54, 1.807) is 0 Å². The summed E-state index contributed by atoms with van der Waals surface area (Å²) in [7, 11) is 0. The summed E-state index contributed by atoms with van der Waals surface area (Å²) in [5.74, 6) is -2.72. The van der Waals surface area contributed by atoms with Gasteiger partial charge >= 0.3 is 5.97 Å². The lowest BCUT2D eigenvalue weighted by molar-refractivity contribution is -0.147. The highest BCUT2D eigenvalue weighted by molar-refractivity contribution is 5.94. The summed E-state index contributed by atoms with van der Waals surface area (Å²) in [5.41, 5.74) is 9.59. The quantitative estimate of drug-likeness (QED) is 0.478. The topological polar surface area (TPSA) is 136 Å². The fraction of sp³-hybridized carbons (Fsp3) is 0.727. The zero-order chi connectivity index (χ0) is 13.9. The van der Waals surface area contributed by atoms with Crippen LogP contribution in [0.3, 0.4) is 0 Å². The summed E-state index contributed by atoms with van der Waals surface area (Å²) in [6.45, 7) is 1.27. The van der Waals surface area contributed by atoms with Gasteiger partial charge in [0.25, 0.3) is 0 Å². The molecule has 18 heavy (non-hydrogen) atoms. The number of Topliss-reactive ketones (excluding diaryl/α,β-unsaturated/α-hetero) is 1. The van der Waals surface area contributed by atoms with E-state index >= 15 is 0 Å². The van der Waals surface area contributed by atoms with Crippen molar-refractivity contribution in [2.45, 2.75) is 37.8 Å². The van der Waals surface area contributed by atoms with Gasteiger partial charge in [-0.25, -0.2) is 0 Å². The van der Waals surface area contributed by atoms with Crippen molar-refractivity contribution in [3.63, 3.8) is 0 Å². The van der Waals surface area contributed by atoms with Crippen LogP contribution in [0.15, 0.2) is 0 Å². The van der Waals surface area contributed by atoms with Crippen LogP contribution in [0.25, 0.3) is 0 Å². The van der Waals surface area contributed by atoms with Crippen LogP contribution in [0.2, 0.25) is 0 Å². The first kappa shape index (κ1) is 14.6. The normalized spacial score (nSPS) is 28.7. The van der Waals surface area contributed by atoms with Crippen LogP contribution in [-0.2, 0) is 14.4 Å². The molecule has 1 rings (SSSR count). The van der Waals surface area contributed by atoms with Gasteiger partial charge in [0.15, 0.2) is 5.78 Å². The van der Waals surface area contributed by atoms with Crippen molar-refractivity contribution in [2.75, 3.05) is 6.54 Å². The monoisotopic (exact) mass is 257 g/mol. The van der Waals surface area contributed by atoms with E-state index in [2.05, 4.69) is 5.32 Å². The van der Waals surface area contributed by atoms with E-state index in [0.717, 1.165) is 0 Å². The van der Waals surface area contributed by atoms with Crippen molar-refractivity contribution >= 4 is 17.7 Å². The van der Waals surface area contributed by atoms with Crippen LogP contribution in [0.1, 0.15) is 26.2 Å². The number of hydrogen-bond donors (Lipinski definition) is 4. The summed E-state index contributed by atoms with van der Waals surface area (Å²) >= 11 is 0. The lowest BCUT2D eigenvalue weighted by Gasteiger charge is -2.25. The maximum absolute atomic E-state index is 11.9. The predicted octanol–water partition coefficient (Wildman–Crippen LogP) is -1.40. The zero-order valence-corrected chi connectivity index (χ0v) is 10.3. The van der Waals surface area contributed by atoms with Gasteiger partial charge in [0.05, 0.1) is 12.6 Å². The van der Waals surface area contributed by atoms with E-state index < -0.39 is 29.4 Å². The molecular weight excluding hydrogens is 238 g/mol. The third kappa shape index (κ3) is 2.85. The first-order valence-electron chi connectivity index (χ1n) is 5.87. The average molecular weight is 257 g/mol. The van der Waals surface area contributed by atoms with Crippen molar-refractivity contribution in [3.05, 3.63) is 0 Å². The Labute approximate surface area is 105 Å². The molecule has 102 valence electrons. The molecule has 0 aromatic carbocycles. The van der Waals surface area contributed by atoms with Crippen LogP contribution >= 0.6 is 0 Å². The molecule has 1 aliphatic rings. The largest absolute Gasteiger partial charge is 0.480 e. The Morgan fingerprint density at radius 1 is 1.50 bits per heavy atom. The molecule has 1 saturated carbocycles. The molecule has 0 radical (unpaired) electrons. The number of aliphatic carboxylic acids is 1. The third-order valence-electron chi connectivity index (χ3n) is 3.34. The second kappa shape index (κ2) is 5.45. The van der Waals surface area contributed by atoms with Crippen molar-refractivity contribution in [3.8, 4) is 0 Å². The number of carbonyl (C=O) groups is 3. The lowest BCUT2D eigenvalue weighted by Crippen LogP contribution is -2.55. The minimum atomic E-state index is -1.50. The zero-order valence-electron chi connectivity index (χ0n) is 10.3. The van der Waals surface area contributed by atoms with Crippen LogP contribution in [0, 0.1) is 5.92 Å². The highest BCUT2D eigenvalue weighted by Crippen LogP contribution is 2.34. The van der Waals surface area contributed by atoms with E-state index in [-0.39, 0.29) is 18.7 Å². The molecule has 1 fully saturated rings. The van der Waals surface area contributed by atoms with E-state index in [1.807, 2.05) is 0 Å². The van der Waals surface area contributed by atoms with Gasteiger partial charge in [0, 0.05) is 5.92 Å². The minimum Gasteiger partial charge on any atom is -0.480 e. The van der Waals surface area contributed by atoms with Crippen LogP contribution in [-0.4, -0.2) is 40.9 Å². The Morgan fingerprint density at radius 3 is 2.61 bits per heavy atom. The summed E-state index contributed by atoms with van der Waals surface area (Å²) in [6.07, 6.45) is 1.32. The van der Waals surface area contributed by atoms with E-state index in [1.165, 1.54) is 6.92 Å². The van der Waals surface area contributed by atoms with Crippen LogP contribution < -0.4 is 16.8 Å². The summed E-state index contributed by atoms with van der Waals surface area (Å²) in [6, 6.07) is -0.705. The molecule has 6 N–H and O–H groups in total. The Balaban J connectivity index is 2.62. The molecular formula is C11H19N3O4. The average Bonchev–Trinajstić information content (AvgIpc) is 2.69. The summed E-state index contributed by atoms with van der Waals surface area (Å²) < 4.78 is 0. The molecule has 7 heteroatoms. The number of carbonyl (C=O) groups excluding carboxylic acids is 2. The minimum absolute atomic E-state index is 0.225. The highest BCUT2D eigenvalue weighted by atomic mass is 16.4. The molecule has 0 saturated heterocycles. The summed E-state index contributed by atoms with van der Waals surface area (Å²) in [4.78, 5) is 34.2. The second-order valence-electron chi connectivity index (χ2n) is 4.76. The molecule has 0 aromatic rings. The fourth-order valence-electron chi connectivity index (χ4n) is 2.19. The Bertz CT molecular complexity index is 369. The maximum Gasteiger partial charge on any atom is 0.324 e. The first-order valence-corrected chi connectivity index (χ1v) is 5.87. The van der Waals surface area contributed by atoms with Crippen molar-refractivity contribution < 1.29 is 19.5 Å². The lowest BCUT2D eigenvalue weighted by atomic mass is 9.85. The maximum atomic E-state index is 11.9. The number of amides is 1. The number of ketones is 1. The van der Waals surface area contributed by atoms with Gasteiger partial charge in [0.1, 0.15) is 5.54 Å². The van der Waals surface area contributed by atoms with Gasteiger partial charge in [-0.05, 0) is 19.8 Å². The van der Waals surface area contributed by atoms with Gasteiger partial charge in [-0.15, -0.1) is 0 Å². The van der Waals surface area contributed by atoms with E-state index in [9.17, 15) is 14.4 Å². The smallest absolute Gasteiger partial charge is 0.324 e. The summed E-state index contributed by atoms with van der Waals surface area (Å²) in [5, 5.41) is 11.4. The molecule has 0 heterocycles. The molecule has 0 bridgehead atoms. The van der Waals surface area contributed by atoms with Gasteiger partial charge in [-0.2, -0.15) is 0 Å². The van der Waals surface area contributed by atoms with Crippen LogP contribution in [0.5, 0.6) is 0 Å². The number of hydrogen-bond acceptors (Lipinski definition) is 5. The third-order valence-corrected chi connectivity index (χ3v) is 3.34. The number of rotatable bonds is 5. The molecule has 0 aliphatic heterocycles. The van der Waals surface area contributed by atoms with Gasteiger partial charge in [-0.1, -0.05) is 6.42 Å². The molecule has 3 atom stereocenters. The van der Waals surface area contributed by atoms with Crippen molar-refractivity contribution in [1.82, 2.24) is 5.32 Å². The van der Waals surface area contributed by atoms with Gasteiger partial charge in [0.2, 0.25) is 5.91 Å². The number of nitrogens with one attached hydrogen (secondary N) is 1. The van der Waals surface area contributed by atoms with Crippen molar-refractivity contribution in [2.24, 2.45) is 17.4 Å². The van der Waals surface area contributed by atoms with Gasteiger partial charge in [-0.3, -0.25) is 14.4 Å². The number of carboxylic acids is 1. The fourth-order valence-corrected chi connectivity index (χ4v) is 2.19. The van der Waals surface area contributed by atoms with Crippen LogP contribution in [0.4, 0.5) is 0 Å². The number of nitrogens with two attached hydrogens (primary N) is 2. The first-order chi connectivity index (χ1) is 8.29.